The number of nitrogens with one attached hydrogen (secondary N) is 1. The van der Waals surface area contributed by atoms with Gasteiger partial charge in [-0.3, -0.25) is 19.2 Å². The molecule has 1 saturated heterocycles. The van der Waals surface area contributed by atoms with Crippen molar-refractivity contribution in [1.29, 1.82) is 0 Å². The van der Waals surface area contributed by atoms with Gasteiger partial charge in [0.05, 0.1) is 6.10 Å². The van der Waals surface area contributed by atoms with Gasteiger partial charge in [0.25, 0.3) is 12.0 Å². The Hall–Kier alpha value is -3.47. The lowest BCUT2D eigenvalue weighted by atomic mass is 9.72. The van der Waals surface area contributed by atoms with Crippen LogP contribution in [0.2, 0.25) is 0 Å². The highest BCUT2D eigenvalue weighted by molar-refractivity contribution is 5.80. The Bertz CT molecular complexity index is 955. The number of hydrogen-bond donors (Lipinski definition) is 4. The second-order valence-electron chi connectivity index (χ2n) is 7.17. The summed E-state index contributed by atoms with van der Waals surface area (Å²) in [4.78, 5) is 45.5. The van der Waals surface area contributed by atoms with Crippen molar-refractivity contribution in [3.05, 3.63) is 57.8 Å². The second-order valence-corrected chi connectivity index (χ2v) is 7.17. The van der Waals surface area contributed by atoms with E-state index >= 15 is 0 Å². The Morgan fingerprint density at radius 1 is 1.32 bits per heavy atom. The molecule has 2 aromatic rings. The number of aromatic amines is 1. The smallest absolute Gasteiger partial charge is 0.314 e. The quantitative estimate of drug-likeness (QED) is 0.478. The van der Waals surface area contributed by atoms with E-state index in [4.69, 9.17) is 14.4 Å². The molecule has 2 atom stereocenters. The van der Waals surface area contributed by atoms with Gasteiger partial charge in [0.2, 0.25) is 5.91 Å². The number of carboxylic acids is 1. The lowest BCUT2D eigenvalue weighted by molar-refractivity contribution is -0.165. The van der Waals surface area contributed by atoms with Gasteiger partial charge in [-0.05, 0) is 30.5 Å². The maximum atomic E-state index is 13.1. The van der Waals surface area contributed by atoms with Crippen molar-refractivity contribution >= 4 is 18.3 Å². The van der Waals surface area contributed by atoms with Crippen molar-refractivity contribution in [3.63, 3.8) is 0 Å². The van der Waals surface area contributed by atoms with Crippen molar-refractivity contribution in [2.75, 3.05) is 13.1 Å². The average molecular weight is 438 g/mol. The SMILES string of the molecule is O=C(CCc1cc(=O)[nH]o1)N1CC[C@H](O)[C@](Cc2ccc(F)cc2)(C(=O)O)C1.O=CO. The summed E-state index contributed by atoms with van der Waals surface area (Å²) in [5.74, 6) is -1.60. The zero-order chi connectivity index (χ0) is 23.0. The van der Waals surface area contributed by atoms with E-state index in [9.17, 15) is 29.0 Å². The number of nitrogens with zero attached hydrogens (tertiary/aromatic N) is 1. The molecule has 1 aliphatic heterocycles. The van der Waals surface area contributed by atoms with Crippen LogP contribution in [0.4, 0.5) is 4.39 Å². The van der Waals surface area contributed by atoms with Crippen LogP contribution in [0.5, 0.6) is 0 Å². The van der Waals surface area contributed by atoms with Crippen molar-refractivity contribution < 1.29 is 38.6 Å². The van der Waals surface area contributed by atoms with Crippen molar-refractivity contribution in [2.24, 2.45) is 5.41 Å². The van der Waals surface area contributed by atoms with Gasteiger partial charge in [0.1, 0.15) is 17.0 Å². The van der Waals surface area contributed by atoms with E-state index in [0.717, 1.165) is 0 Å². The number of carboxylic acid groups (broad SMARTS) is 2. The van der Waals surface area contributed by atoms with E-state index in [2.05, 4.69) is 5.16 Å². The number of halogens is 1. The predicted molar refractivity (Wildman–Crippen MR) is 104 cm³/mol. The highest BCUT2D eigenvalue weighted by atomic mass is 19.1. The van der Waals surface area contributed by atoms with Gasteiger partial charge in [-0.25, -0.2) is 4.39 Å². The standard InChI is InChI=1S/C19H21FN2O6.CH2O2/c20-13-3-1-12(2-4-13)10-19(18(26)27)11-22(8-7-15(19)23)17(25)6-5-14-9-16(24)21-28-14;2-1-3/h1-4,9,15,23H,5-8,10-11H2,(H,21,24)(H,26,27);1H,(H,2,3)/t15-,19+;/m0./s1. The number of aliphatic carboxylic acids is 1. The lowest BCUT2D eigenvalue weighted by Gasteiger charge is -2.43. The van der Waals surface area contributed by atoms with E-state index in [1.165, 1.54) is 35.2 Å². The third-order valence-electron chi connectivity index (χ3n) is 5.15. The number of likely N-dealkylation sites (tertiary alicyclic amines) is 1. The maximum absolute atomic E-state index is 13.1. The van der Waals surface area contributed by atoms with Crippen LogP contribution in [0.15, 0.2) is 39.6 Å². The van der Waals surface area contributed by atoms with Gasteiger partial charge in [-0.2, -0.15) is 5.16 Å². The first kappa shape index (κ1) is 23.8. The number of carbonyl (C=O) groups excluding carboxylic acids is 1. The van der Waals surface area contributed by atoms with E-state index in [0.29, 0.717) is 11.3 Å². The molecular formula is C20H23FN2O8. The summed E-state index contributed by atoms with van der Waals surface area (Å²) in [7, 11) is 0. The number of aliphatic hydroxyl groups is 1. The monoisotopic (exact) mass is 438 g/mol. The van der Waals surface area contributed by atoms with Crippen LogP contribution >= 0.6 is 0 Å². The fraction of sp³-hybridized carbons (Fsp3) is 0.400. The van der Waals surface area contributed by atoms with Gasteiger partial charge in [0.15, 0.2) is 0 Å². The number of rotatable bonds is 6. The predicted octanol–water partition coefficient (Wildman–Crippen LogP) is 0.647. The Morgan fingerprint density at radius 3 is 2.52 bits per heavy atom. The highest BCUT2D eigenvalue weighted by Gasteiger charge is 2.50. The zero-order valence-corrected chi connectivity index (χ0v) is 16.5. The maximum Gasteiger partial charge on any atom is 0.314 e. The third-order valence-corrected chi connectivity index (χ3v) is 5.15. The molecule has 0 aliphatic carbocycles. The first-order valence-corrected chi connectivity index (χ1v) is 9.40. The van der Waals surface area contributed by atoms with Gasteiger partial charge >= 0.3 is 5.97 Å². The number of H-pyrrole nitrogens is 1. The Labute approximate surface area is 175 Å². The first-order valence-electron chi connectivity index (χ1n) is 9.40. The van der Waals surface area contributed by atoms with Gasteiger partial charge in [0, 0.05) is 32.0 Å². The van der Waals surface area contributed by atoms with Crippen LogP contribution in [0.3, 0.4) is 0 Å². The van der Waals surface area contributed by atoms with Crippen LogP contribution in [-0.4, -0.2) is 62.9 Å². The summed E-state index contributed by atoms with van der Waals surface area (Å²) >= 11 is 0. The summed E-state index contributed by atoms with van der Waals surface area (Å²) in [5.41, 5.74) is -1.41. The van der Waals surface area contributed by atoms with Gasteiger partial charge < -0.3 is 24.7 Å². The lowest BCUT2D eigenvalue weighted by Crippen LogP contribution is -2.58. The summed E-state index contributed by atoms with van der Waals surface area (Å²) < 4.78 is 18.1. The molecule has 4 N–H and O–H groups in total. The number of benzene rings is 1. The van der Waals surface area contributed by atoms with E-state index in [1.807, 2.05) is 0 Å². The molecule has 1 aliphatic rings. The Morgan fingerprint density at radius 2 is 1.97 bits per heavy atom. The number of hydrogen-bond acceptors (Lipinski definition) is 6. The fourth-order valence-corrected chi connectivity index (χ4v) is 3.55. The zero-order valence-electron chi connectivity index (χ0n) is 16.5. The highest BCUT2D eigenvalue weighted by Crippen LogP contribution is 2.35. The van der Waals surface area contributed by atoms with Crippen LogP contribution in [-0.2, 0) is 27.2 Å². The molecule has 0 spiro atoms. The molecule has 1 fully saturated rings. The fourth-order valence-electron chi connectivity index (χ4n) is 3.55. The number of aliphatic hydroxyl groups excluding tert-OH is 1. The molecule has 1 amide bonds. The van der Waals surface area contributed by atoms with Crippen LogP contribution in [0.25, 0.3) is 0 Å². The molecule has 0 unspecified atom stereocenters. The van der Waals surface area contributed by atoms with E-state index in [1.54, 1.807) is 0 Å². The van der Waals surface area contributed by atoms with Crippen LogP contribution < -0.4 is 5.56 Å². The number of aromatic nitrogens is 1. The first-order chi connectivity index (χ1) is 14.7. The van der Waals surface area contributed by atoms with E-state index < -0.39 is 28.9 Å². The molecule has 0 radical (unpaired) electrons. The molecular weight excluding hydrogens is 415 g/mol. The van der Waals surface area contributed by atoms with Crippen LogP contribution in [0, 0.1) is 11.2 Å². The number of piperidine rings is 1. The van der Waals surface area contributed by atoms with Gasteiger partial charge in [-0.1, -0.05) is 12.1 Å². The molecule has 1 aromatic carbocycles. The summed E-state index contributed by atoms with van der Waals surface area (Å²) in [5, 5.41) is 29.4. The molecule has 2 heterocycles. The Kier molecular flexibility index (Phi) is 8.08. The molecule has 31 heavy (non-hydrogen) atoms. The average Bonchev–Trinajstić information content (AvgIpc) is 3.15. The number of aryl methyl sites for hydroxylation is 1. The Balaban J connectivity index is 0.00000107. The number of amides is 1. The minimum atomic E-state index is -1.58. The van der Waals surface area contributed by atoms with Crippen molar-refractivity contribution in [3.8, 4) is 0 Å². The topological polar surface area (TPSA) is 161 Å². The molecule has 1 aromatic heterocycles. The van der Waals surface area contributed by atoms with Crippen molar-refractivity contribution in [1.82, 2.24) is 10.1 Å². The summed E-state index contributed by atoms with van der Waals surface area (Å²) in [6.45, 7) is -0.174. The minimum Gasteiger partial charge on any atom is -0.483 e. The largest absolute Gasteiger partial charge is 0.483 e. The summed E-state index contributed by atoms with van der Waals surface area (Å²) in [6, 6.07) is 6.66. The number of carbonyl (C=O) groups is 3. The minimum absolute atomic E-state index is 0.0275. The van der Waals surface area contributed by atoms with Crippen LogP contribution in [0.1, 0.15) is 24.2 Å². The summed E-state index contributed by atoms with van der Waals surface area (Å²) in [6.07, 6.45) is -0.793. The molecule has 0 saturated carbocycles. The second kappa shape index (κ2) is 10.5. The molecule has 11 heteroatoms. The molecule has 168 valence electrons. The van der Waals surface area contributed by atoms with Crippen molar-refractivity contribution in [2.45, 2.75) is 31.8 Å². The normalized spacial score (nSPS) is 20.5. The van der Waals surface area contributed by atoms with E-state index in [-0.39, 0.29) is 51.2 Å². The third kappa shape index (κ3) is 6.01. The van der Waals surface area contributed by atoms with Gasteiger partial charge in [-0.15, -0.1) is 0 Å². The molecule has 3 rings (SSSR count). The molecule has 10 nitrogen and oxygen atoms in total. The molecule has 0 bridgehead atoms.